The average molecular weight is 236 g/mol. The molecule has 0 aromatic heterocycles. The topological polar surface area (TPSA) is 47.7 Å². The lowest BCUT2D eigenvalue weighted by atomic mass is 10.1. The van der Waals surface area contributed by atoms with Gasteiger partial charge in [0.1, 0.15) is 0 Å². The summed E-state index contributed by atoms with van der Waals surface area (Å²) in [7, 11) is 0. The van der Waals surface area contributed by atoms with E-state index in [0.717, 1.165) is 32.7 Å². The van der Waals surface area contributed by atoms with Crippen molar-refractivity contribution in [2.75, 3.05) is 37.8 Å². The van der Waals surface area contributed by atoms with Gasteiger partial charge in [0.2, 0.25) is 0 Å². The Labute approximate surface area is 102 Å². The van der Waals surface area contributed by atoms with Crippen LogP contribution >= 0.6 is 0 Å². The van der Waals surface area contributed by atoms with Crippen LogP contribution < -0.4 is 10.8 Å². The summed E-state index contributed by atoms with van der Waals surface area (Å²) in [6.07, 6.45) is 0.852. The first-order valence-electron chi connectivity index (χ1n) is 6.05. The number of ether oxygens (including phenoxy) is 1. The zero-order valence-corrected chi connectivity index (χ0v) is 10.3. The van der Waals surface area contributed by atoms with Crippen molar-refractivity contribution < 1.29 is 9.57 Å². The molecule has 1 aliphatic rings. The SMILES string of the molecule is Cc1ccc(N2CCOCC2)c(CCON)c1. The smallest absolute Gasteiger partial charge is 0.0720 e. The number of hydrogen-bond acceptors (Lipinski definition) is 4. The molecule has 0 atom stereocenters. The molecule has 1 aromatic carbocycles. The van der Waals surface area contributed by atoms with E-state index in [1.807, 2.05) is 0 Å². The van der Waals surface area contributed by atoms with Gasteiger partial charge in [0.25, 0.3) is 0 Å². The largest absolute Gasteiger partial charge is 0.378 e. The number of nitrogens with zero attached hydrogens (tertiary/aromatic N) is 1. The van der Waals surface area contributed by atoms with Crippen molar-refractivity contribution in [2.45, 2.75) is 13.3 Å². The molecule has 0 aliphatic carbocycles. The predicted molar refractivity (Wildman–Crippen MR) is 68.1 cm³/mol. The number of rotatable bonds is 4. The molecule has 1 aromatic rings. The van der Waals surface area contributed by atoms with Gasteiger partial charge < -0.3 is 14.5 Å². The number of hydrogen-bond donors (Lipinski definition) is 1. The van der Waals surface area contributed by atoms with Crippen molar-refractivity contribution in [2.24, 2.45) is 5.90 Å². The maximum atomic E-state index is 5.38. The molecule has 17 heavy (non-hydrogen) atoms. The number of morpholine rings is 1. The monoisotopic (exact) mass is 236 g/mol. The lowest BCUT2D eigenvalue weighted by molar-refractivity contribution is 0.122. The summed E-state index contributed by atoms with van der Waals surface area (Å²) in [6.45, 7) is 6.19. The fourth-order valence-corrected chi connectivity index (χ4v) is 2.20. The van der Waals surface area contributed by atoms with Crippen molar-refractivity contribution in [1.82, 2.24) is 0 Å². The molecule has 2 rings (SSSR count). The normalized spacial score (nSPS) is 16.2. The quantitative estimate of drug-likeness (QED) is 0.800. The third kappa shape index (κ3) is 3.19. The molecule has 0 spiro atoms. The Morgan fingerprint density at radius 3 is 2.82 bits per heavy atom. The summed E-state index contributed by atoms with van der Waals surface area (Å²) < 4.78 is 5.38. The molecule has 1 heterocycles. The lowest BCUT2D eigenvalue weighted by Gasteiger charge is -2.30. The summed E-state index contributed by atoms with van der Waals surface area (Å²) in [5.41, 5.74) is 3.86. The molecular weight excluding hydrogens is 216 g/mol. The van der Waals surface area contributed by atoms with Gasteiger partial charge in [-0.25, -0.2) is 5.90 Å². The van der Waals surface area contributed by atoms with Crippen LogP contribution in [-0.4, -0.2) is 32.9 Å². The van der Waals surface area contributed by atoms with Crippen LogP contribution in [0.15, 0.2) is 18.2 Å². The second kappa shape index (κ2) is 6.00. The highest BCUT2D eigenvalue weighted by Crippen LogP contribution is 2.23. The van der Waals surface area contributed by atoms with E-state index >= 15 is 0 Å². The highest BCUT2D eigenvalue weighted by molar-refractivity contribution is 5.55. The fourth-order valence-electron chi connectivity index (χ4n) is 2.20. The van der Waals surface area contributed by atoms with Crippen LogP contribution in [0.1, 0.15) is 11.1 Å². The zero-order chi connectivity index (χ0) is 12.1. The van der Waals surface area contributed by atoms with Gasteiger partial charge in [-0.2, -0.15) is 0 Å². The maximum absolute atomic E-state index is 5.38. The van der Waals surface area contributed by atoms with E-state index in [1.165, 1.54) is 16.8 Å². The van der Waals surface area contributed by atoms with E-state index in [9.17, 15) is 0 Å². The standard InChI is InChI=1S/C13H20N2O2/c1-11-2-3-13(12(10-11)4-7-17-14)15-5-8-16-9-6-15/h2-3,10H,4-9,14H2,1H3. The minimum Gasteiger partial charge on any atom is -0.378 e. The second-order valence-corrected chi connectivity index (χ2v) is 4.35. The molecule has 0 saturated carbocycles. The lowest BCUT2D eigenvalue weighted by Crippen LogP contribution is -2.36. The average Bonchev–Trinajstić information content (AvgIpc) is 2.37. The summed E-state index contributed by atoms with van der Waals surface area (Å²) >= 11 is 0. The fraction of sp³-hybridized carbons (Fsp3) is 0.538. The molecule has 4 nitrogen and oxygen atoms in total. The van der Waals surface area contributed by atoms with Gasteiger partial charge in [-0.15, -0.1) is 0 Å². The van der Waals surface area contributed by atoms with Crippen molar-refractivity contribution in [3.05, 3.63) is 29.3 Å². The van der Waals surface area contributed by atoms with Crippen molar-refractivity contribution in [1.29, 1.82) is 0 Å². The number of nitrogens with two attached hydrogens (primary N) is 1. The first kappa shape index (κ1) is 12.4. The summed E-state index contributed by atoms with van der Waals surface area (Å²) in [5, 5.41) is 0. The zero-order valence-electron chi connectivity index (χ0n) is 10.3. The molecule has 2 N–H and O–H groups in total. The van der Waals surface area contributed by atoms with Gasteiger partial charge in [-0.05, 0) is 25.0 Å². The Kier molecular flexibility index (Phi) is 4.36. The Hall–Kier alpha value is -1.10. The van der Waals surface area contributed by atoms with Crippen LogP contribution in [0.2, 0.25) is 0 Å². The van der Waals surface area contributed by atoms with Gasteiger partial charge in [-0.3, -0.25) is 0 Å². The van der Waals surface area contributed by atoms with E-state index < -0.39 is 0 Å². The minimum absolute atomic E-state index is 0.556. The van der Waals surface area contributed by atoms with E-state index in [-0.39, 0.29) is 0 Å². The van der Waals surface area contributed by atoms with Gasteiger partial charge in [0.05, 0.1) is 19.8 Å². The molecule has 1 saturated heterocycles. The third-order valence-corrected chi connectivity index (χ3v) is 3.08. The maximum Gasteiger partial charge on any atom is 0.0720 e. The Morgan fingerprint density at radius 1 is 1.35 bits per heavy atom. The summed E-state index contributed by atoms with van der Waals surface area (Å²) in [4.78, 5) is 7.05. The van der Waals surface area contributed by atoms with Crippen LogP contribution in [0.25, 0.3) is 0 Å². The van der Waals surface area contributed by atoms with Crippen LogP contribution in [0.3, 0.4) is 0 Å². The molecule has 1 fully saturated rings. The molecular formula is C13H20N2O2. The van der Waals surface area contributed by atoms with Gasteiger partial charge in [0, 0.05) is 18.8 Å². The molecule has 1 aliphatic heterocycles. The van der Waals surface area contributed by atoms with Crippen molar-refractivity contribution >= 4 is 5.69 Å². The third-order valence-electron chi connectivity index (χ3n) is 3.08. The molecule has 0 radical (unpaired) electrons. The van der Waals surface area contributed by atoms with E-state index in [0.29, 0.717) is 6.61 Å². The molecule has 4 heteroatoms. The highest BCUT2D eigenvalue weighted by Gasteiger charge is 2.14. The predicted octanol–water partition coefficient (Wildman–Crippen LogP) is 1.26. The van der Waals surface area contributed by atoms with Crippen LogP contribution in [-0.2, 0) is 16.0 Å². The first-order chi connectivity index (χ1) is 8.31. The number of benzene rings is 1. The molecule has 0 amide bonds. The number of anilines is 1. The van der Waals surface area contributed by atoms with Crippen LogP contribution in [0, 0.1) is 6.92 Å². The van der Waals surface area contributed by atoms with Crippen molar-refractivity contribution in [3.8, 4) is 0 Å². The summed E-state index contributed by atoms with van der Waals surface area (Å²) in [5.74, 6) is 5.11. The second-order valence-electron chi connectivity index (χ2n) is 4.35. The van der Waals surface area contributed by atoms with Gasteiger partial charge in [-0.1, -0.05) is 17.7 Å². The van der Waals surface area contributed by atoms with Gasteiger partial charge >= 0.3 is 0 Å². The summed E-state index contributed by atoms with van der Waals surface area (Å²) in [6, 6.07) is 6.55. The molecule has 94 valence electrons. The van der Waals surface area contributed by atoms with Gasteiger partial charge in [0.15, 0.2) is 0 Å². The van der Waals surface area contributed by atoms with E-state index in [2.05, 4.69) is 34.9 Å². The molecule has 0 unspecified atom stereocenters. The number of aryl methyl sites for hydroxylation is 1. The van der Waals surface area contributed by atoms with E-state index in [1.54, 1.807) is 0 Å². The van der Waals surface area contributed by atoms with Crippen LogP contribution in [0.5, 0.6) is 0 Å². The highest BCUT2D eigenvalue weighted by atomic mass is 16.6. The molecule has 0 bridgehead atoms. The first-order valence-corrected chi connectivity index (χ1v) is 6.05. The van der Waals surface area contributed by atoms with Crippen LogP contribution in [0.4, 0.5) is 5.69 Å². The minimum atomic E-state index is 0.556. The van der Waals surface area contributed by atoms with E-state index in [4.69, 9.17) is 10.6 Å². The Bertz CT molecular complexity index is 362. The Morgan fingerprint density at radius 2 is 2.12 bits per heavy atom. The Balaban J connectivity index is 2.18. The van der Waals surface area contributed by atoms with Crippen molar-refractivity contribution in [3.63, 3.8) is 0 Å².